The van der Waals surface area contributed by atoms with E-state index in [1.165, 1.54) is 4.90 Å². The average Bonchev–Trinajstić information content (AvgIpc) is 2.84. The molecule has 3 amide bonds. The Bertz CT molecular complexity index is 1170. The first-order valence-corrected chi connectivity index (χ1v) is 10.9. The summed E-state index contributed by atoms with van der Waals surface area (Å²) < 4.78 is 11.3. The molecule has 1 aliphatic rings. The fraction of sp³-hybridized carbons (Fsp3) is 0.192. The number of carbonyl (C=O) groups is 3. The van der Waals surface area contributed by atoms with Crippen molar-refractivity contribution in [1.29, 1.82) is 0 Å². The third-order valence-electron chi connectivity index (χ3n) is 5.15. The number of anilines is 3. The van der Waals surface area contributed by atoms with Crippen molar-refractivity contribution in [2.75, 3.05) is 28.7 Å². The number of carbonyl (C=O) groups excluding carboxylic acids is 3. The lowest BCUT2D eigenvalue weighted by atomic mass is 10.1. The highest BCUT2D eigenvalue weighted by Gasteiger charge is 2.33. The highest BCUT2D eigenvalue weighted by molar-refractivity contribution is 6.06. The van der Waals surface area contributed by atoms with Crippen molar-refractivity contribution in [2.45, 2.75) is 19.4 Å². The summed E-state index contributed by atoms with van der Waals surface area (Å²) in [7, 11) is 0. The smallest absolute Gasteiger partial charge is 0.268 e. The first-order chi connectivity index (χ1) is 16.5. The Balaban J connectivity index is 1.42. The van der Waals surface area contributed by atoms with Gasteiger partial charge in [-0.3, -0.25) is 19.3 Å². The summed E-state index contributed by atoms with van der Waals surface area (Å²) in [5.41, 5.74) is 1.55. The molecule has 0 aromatic heterocycles. The summed E-state index contributed by atoms with van der Waals surface area (Å²) in [6.07, 6.45) is -0.575. The number of hydrogen-bond acceptors (Lipinski definition) is 5. The molecule has 0 bridgehead atoms. The van der Waals surface area contributed by atoms with Gasteiger partial charge in [0, 0.05) is 11.4 Å². The number of hydrogen-bond donors (Lipinski definition) is 2. The lowest BCUT2D eigenvalue weighted by Crippen LogP contribution is -2.47. The zero-order chi connectivity index (χ0) is 23.9. The van der Waals surface area contributed by atoms with E-state index in [1.54, 1.807) is 37.3 Å². The minimum atomic E-state index is -0.729. The molecule has 0 fully saturated rings. The van der Waals surface area contributed by atoms with Crippen molar-refractivity contribution in [2.24, 2.45) is 0 Å². The molecule has 34 heavy (non-hydrogen) atoms. The van der Waals surface area contributed by atoms with Crippen molar-refractivity contribution in [1.82, 2.24) is 0 Å². The third kappa shape index (κ3) is 5.72. The molecule has 8 heteroatoms. The highest BCUT2D eigenvalue weighted by Crippen LogP contribution is 2.36. The summed E-state index contributed by atoms with van der Waals surface area (Å²) in [6.45, 7) is 1.68. The molecule has 1 atom stereocenters. The van der Waals surface area contributed by atoms with Crippen molar-refractivity contribution in [3.63, 3.8) is 0 Å². The van der Waals surface area contributed by atoms with Crippen LogP contribution in [-0.4, -0.2) is 37.0 Å². The van der Waals surface area contributed by atoms with E-state index in [4.69, 9.17) is 9.47 Å². The molecule has 0 saturated carbocycles. The van der Waals surface area contributed by atoms with Gasteiger partial charge >= 0.3 is 0 Å². The lowest BCUT2D eigenvalue weighted by Gasteiger charge is -2.33. The van der Waals surface area contributed by atoms with Crippen molar-refractivity contribution in [3.05, 3.63) is 78.9 Å². The van der Waals surface area contributed by atoms with Crippen LogP contribution >= 0.6 is 0 Å². The van der Waals surface area contributed by atoms with Gasteiger partial charge in [0.15, 0.2) is 6.10 Å². The Kier molecular flexibility index (Phi) is 7.07. The van der Waals surface area contributed by atoms with Gasteiger partial charge in [-0.05, 0) is 49.4 Å². The molecule has 0 radical (unpaired) electrons. The van der Waals surface area contributed by atoms with E-state index in [0.717, 1.165) is 0 Å². The summed E-state index contributed by atoms with van der Waals surface area (Å²) in [6, 6.07) is 23.3. The first kappa shape index (κ1) is 22.8. The normalized spacial score (nSPS) is 14.6. The topological polar surface area (TPSA) is 97.0 Å². The van der Waals surface area contributed by atoms with E-state index in [2.05, 4.69) is 10.6 Å². The zero-order valence-electron chi connectivity index (χ0n) is 18.7. The van der Waals surface area contributed by atoms with Crippen LogP contribution in [0.3, 0.4) is 0 Å². The highest BCUT2D eigenvalue weighted by atomic mass is 16.5. The molecular formula is C26H25N3O5. The van der Waals surface area contributed by atoms with Crippen molar-refractivity contribution in [3.8, 4) is 11.5 Å². The molecule has 1 aliphatic heterocycles. The van der Waals surface area contributed by atoms with Gasteiger partial charge in [-0.15, -0.1) is 0 Å². The maximum atomic E-state index is 12.8. The van der Waals surface area contributed by atoms with E-state index in [9.17, 15) is 14.4 Å². The predicted octanol–water partition coefficient (Wildman–Crippen LogP) is 3.85. The van der Waals surface area contributed by atoms with E-state index in [-0.39, 0.29) is 37.3 Å². The van der Waals surface area contributed by atoms with Crippen molar-refractivity contribution >= 4 is 34.8 Å². The van der Waals surface area contributed by atoms with Crippen LogP contribution in [0.4, 0.5) is 17.1 Å². The fourth-order valence-electron chi connectivity index (χ4n) is 3.52. The second kappa shape index (κ2) is 10.5. The quantitative estimate of drug-likeness (QED) is 0.533. The standard InChI is InChI=1S/C26H25N3O5/c1-18-26(32)29(17-25(31)27-19-8-4-2-5-9-19)22-16-20(12-13-23(22)34-18)28-24(30)14-15-33-21-10-6-3-7-11-21/h2-13,16,18H,14-15,17H2,1H3,(H,27,31)(H,28,30). The molecule has 1 heterocycles. The van der Waals surface area contributed by atoms with Crippen LogP contribution in [0.5, 0.6) is 11.5 Å². The van der Waals surface area contributed by atoms with Crippen molar-refractivity contribution < 1.29 is 23.9 Å². The molecule has 3 aromatic rings. The van der Waals surface area contributed by atoms with E-state index < -0.39 is 6.10 Å². The lowest BCUT2D eigenvalue weighted by molar-refractivity contribution is -0.127. The third-order valence-corrected chi connectivity index (χ3v) is 5.15. The van der Waals surface area contributed by atoms with Gasteiger partial charge < -0.3 is 20.1 Å². The molecule has 0 saturated heterocycles. The summed E-state index contributed by atoms with van der Waals surface area (Å²) in [5.74, 6) is 0.242. The maximum Gasteiger partial charge on any atom is 0.268 e. The van der Waals surface area contributed by atoms with Crippen LogP contribution in [0.2, 0.25) is 0 Å². The number of ether oxygens (including phenoxy) is 2. The molecule has 3 aromatic carbocycles. The number of benzene rings is 3. The van der Waals surface area contributed by atoms with Crippen LogP contribution in [0.15, 0.2) is 78.9 Å². The minimum Gasteiger partial charge on any atom is -0.493 e. The average molecular weight is 460 g/mol. The van der Waals surface area contributed by atoms with Gasteiger partial charge in [0.1, 0.15) is 18.0 Å². The number of rotatable bonds is 8. The van der Waals surface area contributed by atoms with Gasteiger partial charge in [-0.2, -0.15) is 0 Å². The van der Waals surface area contributed by atoms with Gasteiger partial charge in [-0.25, -0.2) is 0 Å². The molecule has 174 valence electrons. The van der Waals surface area contributed by atoms with Gasteiger partial charge in [-0.1, -0.05) is 36.4 Å². The van der Waals surface area contributed by atoms with Crippen LogP contribution in [0.1, 0.15) is 13.3 Å². The van der Waals surface area contributed by atoms with E-state index in [1.807, 2.05) is 48.5 Å². The second-order valence-corrected chi connectivity index (χ2v) is 7.74. The second-order valence-electron chi connectivity index (χ2n) is 7.74. The molecule has 8 nitrogen and oxygen atoms in total. The number of nitrogens with one attached hydrogen (secondary N) is 2. The molecular weight excluding hydrogens is 434 g/mol. The molecule has 0 spiro atoms. The molecule has 0 aliphatic carbocycles. The Morgan fingerprint density at radius 3 is 2.32 bits per heavy atom. The number of amides is 3. The van der Waals surface area contributed by atoms with Gasteiger partial charge in [0.2, 0.25) is 11.8 Å². The summed E-state index contributed by atoms with van der Waals surface area (Å²) in [4.78, 5) is 39.2. The molecule has 4 rings (SSSR count). The number of fused-ring (bicyclic) bond motifs is 1. The molecule has 1 unspecified atom stereocenters. The minimum absolute atomic E-state index is 0.154. The first-order valence-electron chi connectivity index (χ1n) is 10.9. The van der Waals surface area contributed by atoms with E-state index >= 15 is 0 Å². The zero-order valence-corrected chi connectivity index (χ0v) is 18.7. The monoisotopic (exact) mass is 459 g/mol. The van der Waals surface area contributed by atoms with E-state index in [0.29, 0.717) is 28.6 Å². The van der Waals surface area contributed by atoms with Crippen LogP contribution in [-0.2, 0) is 14.4 Å². The predicted molar refractivity (Wildman–Crippen MR) is 129 cm³/mol. The van der Waals surface area contributed by atoms with Crippen LogP contribution in [0.25, 0.3) is 0 Å². The van der Waals surface area contributed by atoms with Gasteiger partial charge in [0.25, 0.3) is 5.91 Å². The van der Waals surface area contributed by atoms with Crippen LogP contribution in [0, 0.1) is 0 Å². The Morgan fingerprint density at radius 1 is 0.912 bits per heavy atom. The fourth-order valence-corrected chi connectivity index (χ4v) is 3.52. The number of nitrogens with zero attached hydrogens (tertiary/aromatic N) is 1. The Hall–Kier alpha value is -4.33. The van der Waals surface area contributed by atoms with Crippen LogP contribution < -0.4 is 25.0 Å². The Morgan fingerprint density at radius 2 is 1.59 bits per heavy atom. The molecule has 2 N–H and O–H groups in total. The summed E-state index contributed by atoms with van der Waals surface area (Å²) in [5, 5.41) is 5.59. The maximum absolute atomic E-state index is 12.8. The largest absolute Gasteiger partial charge is 0.493 e. The Labute approximate surface area is 197 Å². The van der Waals surface area contributed by atoms with Gasteiger partial charge in [0.05, 0.1) is 18.7 Å². The summed E-state index contributed by atoms with van der Waals surface area (Å²) >= 11 is 0. The SMILES string of the molecule is CC1Oc2ccc(NC(=O)CCOc3ccccc3)cc2N(CC(=O)Nc2ccccc2)C1=O. The number of para-hydroxylation sites is 2.